The van der Waals surface area contributed by atoms with Gasteiger partial charge in [0.15, 0.2) is 11.0 Å². The molecule has 0 aliphatic rings. The van der Waals surface area contributed by atoms with E-state index in [4.69, 9.17) is 0 Å². The maximum atomic E-state index is 12.3. The Morgan fingerprint density at radius 1 is 1.38 bits per heavy atom. The Kier molecular flexibility index (Phi) is 6.43. The number of rotatable bonds is 7. The van der Waals surface area contributed by atoms with Crippen LogP contribution in [-0.4, -0.2) is 32.0 Å². The number of aromatic nitrogens is 3. The van der Waals surface area contributed by atoms with Crippen molar-refractivity contribution in [1.29, 1.82) is 5.26 Å². The van der Waals surface area contributed by atoms with Gasteiger partial charge in [-0.3, -0.25) is 4.79 Å². The normalized spacial score (nSPS) is 13.3. The van der Waals surface area contributed by atoms with Crippen LogP contribution in [0, 0.1) is 24.2 Å². The van der Waals surface area contributed by atoms with Crippen molar-refractivity contribution >= 4 is 17.7 Å². The van der Waals surface area contributed by atoms with Crippen LogP contribution in [0.1, 0.15) is 33.3 Å². The van der Waals surface area contributed by atoms with Crippen LogP contribution in [0.15, 0.2) is 29.4 Å². The monoisotopic (exact) mass is 371 g/mol. The average Bonchev–Trinajstić information content (AvgIpc) is 3.02. The molecule has 26 heavy (non-hydrogen) atoms. The van der Waals surface area contributed by atoms with Crippen molar-refractivity contribution < 1.29 is 4.79 Å². The van der Waals surface area contributed by atoms with E-state index in [0.29, 0.717) is 11.7 Å². The summed E-state index contributed by atoms with van der Waals surface area (Å²) in [7, 11) is 0. The molecule has 1 aromatic heterocycles. The highest BCUT2D eigenvalue weighted by Crippen LogP contribution is 2.26. The van der Waals surface area contributed by atoms with Crippen LogP contribution in [0.4, 0.5) is 0 Å². The standard InChI is InChI=1S/C19H25N5OS/c1-6-24-17(15-10-8-7-9-14(15)4)22-23-18(24)26-11-16(25)21-19(5,12-20)13(2)3/h7-10,13H,6,11H2,1-5H3,(H,21,25)/t19-/m0/s1. The Bertz CT molecular complexity index is 824. The number of carbonyl (C=O) groups excluding carboxylic acids is 1. The minimum atomic E-state index is -0.873. The van der Waals surface area contributed by atoms with Gasteiger partial charge in [0.25, 0.3) is 0 Å². The number of aryl methyl sites for hydroxylation is 1. The van der Waals surface area contributed by atoms with Gasteiger partial charge in [0.05, 0.1) is 11.8 Å². The number of benzene rings is 1. The van der Waals surface area contributed by atoms with E-state index in [9.17, 15) is 10.1 Å². The third kappa shape index (κ3) is 4.25. The summed E-state index contributed by atoms with van der Waals surface area (Å²) in [6, 6.07) is 10.2. The number of thioether (sulfide) groups is 1. The second-order valence-corrected chi connectivity index (χ2v) is 7.61. The third-order valence-electron chi connectivity index (χ3n) is 4.54. The molecular formula is C19H25N5OS. The predicted octanol–water partition coefficient (Wildman–Crippen LogP) is 3.42. The van der Waals surface area contributed by atoms with Crippen LogP contribution in [0.5, 0.6) is 0 Å². The van der Waals surface area contributed by atoms with Crippen LogP contribution < -0.4 is 5.32 Å². The molecule has 0 fully saturated rings. The second-order valence-electron chi connectivity index (χ2n) is 6.67. The van der Waals surface area contributed by atoms with Gasteiger partial charge < -0.3 is 9.88 Å². The molecule has 1 amide bonds. The summed E-state index contributed by atoms with van der Waals surface area (Å²) < 4.78 is 2.01. The molecule has 1 atom stereocenters. The van der Waals surface area contributed by atoms with Crippen molar-refractivity contribution in [2.24, 2.45) is 5.92 Å². The maximum absolute atomic E-state index is 12.3. The minimum Gasteiger partial charge on any atom is -0.337 e. The lowest BCUT2D eigenvalue weighted by atomic mass is 9.90. The summed E-state index contributed by atoms with van der Waals surface area (Å²) >= 11 is 1.33. The van der Waals surface area contributed by atoms with Crippen molar-refractivity contribution in [2.45, 2.75) is 51.9 Å². The zero-order valence-corrected chi connectivity index (χ0v) is 16.7. The van der Waals surface area contributed by atoms with E-state index < -0.39 is 5.54 Å². The van der Waals surface area contributed by atoms with Gasteiger partial charge in [-0.25, -0.2) is 0 Å². The zero-order chi connectivity index (χ0) is 19.3. The van der Waals surface area contributed by atoms with Crippen molar-refractivity contribution in [2.75, 3.05) is 5.75 Å². The SMILES string of the molecule is CCn1c(SCC(=O)N[C@@](C)(C#N)C(C)C)nnc1-c1ccccc1C. The highest BCUT2D eigenvalue weighted by molar-refractivity contribution is 7.99. The number of nitrogens with zero attached hydrogens (tertiary/aromatic N) is 4. The second kappa shape index (κ2) is 8.37. The van der Waals surface area contributed by atoms with E-state index in [2.05, 4.69) is 21.6 Å². The fourth-order valence-electron chi connectivity index (χ4n) is 2.46. The first-order valence-corrected chi connectivity index (χ1v) is 9.65. The van der Waals surface area contributed by atoms with Crippen molar-refractivity contribution in [3.05, 3.63) is 29.8 Å². The maximum Gasteiger partial charge on any atom is 0.231 e. The first kappa shape index (κ1) is 20.0. The highest BCUT2D eigenvalue weighted by atomic mass is 32.2. The summed E-state index contributed by atoms with van der Waals surface area (Å²) in [5.41, 5.74) is 1.29. The molecule has 6 nitrogen and oxygen atoms in total. The lowest BCUT2D eigenvalue weighted by molar-refractivity contribution is -0.120. The van der Waals surface area contributed by atoms with Crippen molar-refractivity contribution in [1.82, 2.24) is 20.1 Å². The molecule has 0 radical (unpaired) electrons. The molecule has 1 aromatic carbocycles. The van der Waals surface area contributed by atoms with Crippen LogP contribution in [0.3, 0.4) is 0 Å². The molecule has 138 valence electrons. The molecule has 2 rings (SSSR count). The molecular weight excluding hydrogens is 346 g/mol. The summed E-state index contributed by atoms with van der Waals surface area (Å²) in [6.45, 7) is 10.4. The van der Waals surface area contributed by atoms with Gasteiger partial charge in [0.1, 0.15) is 5.54 Å². The van der Waals surface area contributed by atoms with Gasteiger partial charge in [0, 0.05) is 12.1 Å². The van der Waals surface area contributed by atoms with E-state index in [1.807, 2.05) is 56.5 Å². The largest absolute Gasteiger partial charge is 0.337 e. The van der Waals surface area contributed by atoms with Crippen molar-refractivity contribution in [3.8, 4) is 17.5 Å². The van der Waals surface area contributed by atoms with Gasteiger partial charge in [-0.05, 0) is 32.3 Å². The Labute approximate surface area is 159 Å². The Balaban J connectivity index is 2.13. The molecule has 7 heteroatoms. The van der Waals surface area contributed by atoms with Crippen LogP contribution in [0.25, 0.3) is 11.4 Å². The number of nitrogens with one attached hydrogen (secondary N) is 1. The summed E-state index contributed by atoms with van der Waals surface area (Å²) in [5, 5.41) is 21.4. The summed E-state index contributed by atoms with van der Waals surface area (Å²) in [5.74, 6) is 0.831. The highest BCUT2D eigenvalue weighted by Gasteiger charge is 2.30. The van der Waals surface area contributed by atoms with Gasteiger partial charge in [-0.15, -0.1) is 10.2 Å². The molecule has 1 heterocycles. The average molecular weight is 372 g/mol. The molecule has 1 N–H and O–H groups in total. The van der Waals surface area contributed by atoms with E-state index in [1.165, 1.54) is 11.8 Å². The van der Waals surface area contributed by atoms with Crippen LogP contribution in [0.2, 0.25) is 0 Å². The predicted molar refractivity (Wildman–Crippen MR) is 104 cm³/mol. The number of hydrogen-bond acceptors (Lipinski definition) is 5. The lowest BCUT2D eigenvalue weighted by Crippen LogP contribution is -2.49. The summed E-state index contributed by atoms with van der Waals surface area (Å²) in [6.07, 6.45) is 0. The molecule has 0 aliphatic heterocycles. The third-order valence-corrected chi connectivity index (χ3v) is 5.50. The van der Waals surface area contributed by atoms with E-state index in [0.717, 1.165) is 17.0 Å². The topological polar surface area (TPSA) is 83.6 Å². The van der Waals surface area contributed by atoms with E-state index in [-0.39, 0.29) is 17.6 Å². The zero-order valence-electron chi connectivity index (χ0n) is 15.9. The lowest BCUT2D eigenvalue weighted by Gasteiger charge is -2.27. The molecule has 0 unspecified atom stereocenters. The molecule has 0 bridgehead atoms. The number of nitriles is 1. The molecule has 2 aromatic rings. The molecule has 0 spiro atoms. The van der Waals surface area contributed by atoms with Gasteiger partial charge in [-0.1, -0.05) is 49.9 Å². The first-order chi connectivity index (χ1) is 12.3. The first-order valence-electron chi connectivity index (χ1n) is 8.66. The fraction of sp³-hybridized carbons (Fsp3) is 0.474. The summed E-state index contributed by atoms with van der Waals surface area (Å²) in [4.78, 5) is 12.3. The Hall–Kier alpha value is -2.33. The van der Waals surface area contributed by atoms with E-state index in [1.54, 1.807) is 6.92 Å². The molecule has 0 saturated carbocycles. The smallest absolute Gasteiger partial charge is 0.231 e. The van der Waals surface area contributed by atoms with Crippen molar-refractivity contribution in [3.63, 3.8) is 0 Å². The van der Waals surface area contributed by atoms with Gasteiger partial charge >= 0.3 is 0 Å². The van der Waals surface area contributed by atoms with Gasteiger partial charge in [0.2, 0.25) is 5.91 Å². The Morgan fingerprint density at radius 3 is 2.65 bits per heavy atom. The number of carbonyl (C=O) groups is 1. The molecule has 0 saturated heterocycles. The number of amides is 1. The quantitative estimate of drug-likeness (QED) is 0.754. The van der Waals surface area contributed by atoms with Crippen LogP contribution in [-0.2, 0) is 11.3 Å². The van der Waals surface area contributed by atoms with Gasteiger partial charge in [-0.2, -0.15) is 5.26 Å². The Morgan fingerprint density at radius 2 is 2.08 bits per heavy atom. The van der Waals surface area contributed by atoms with Crippen LogP contribution >= 0.6 is 11.8 Å². The minimum absolute atomic E-state index is 0.0217. The van der Waals surface area contributed by atoms with E-state index >= 15 is 0 Å². The fourth-order valence-corrected chi connectivity index (χ4v) is 3.26. The number of hydrogen-bond donors (Lipinski definition) is 1. The molecule has 0 aliphatic carbocycles.